The fourth-order valence-electron chi connectivity index (χ4n) is 4.71. The van der Waals surface area contributed by atoms with Gasteiger partial charge in [-0.15, -0.1) is 0 Å². The molecule has 1 saturated heterocycles. The van der Waals surface area contributed by atoms with Crippen molar-refractivity contribution in [2.45, 2.75) is 26.2 Å². The van der Waals surface area contributed by atoms with Crippen LogP contribution in [0.15, 0.2) is 36.9 Å². The van der Waals surface area contributed by atoms with E-state index in [9.17, 15) is 9.18 Å². The Morgan fingerprint density at radius 1 is 1.24 bits per heavy atom. The van der Waals surface area contributed by atoms with Gasteiger partial charge in [-0.1, -0.05) is 6.58 Å². The smallest absolute Gasteiger partial charge is 0.318 e. The normalized spacial score (nSPS) is 18.0. The van der Waals surface area contributed by atoms with E-state index in [-0.39, 0.29) is 11.7 Å². The summed E-state index contributed by atoms with van der Waals surface area (Å²) < 4.78 is 19.0. The van der Waals surface area contributed by atoms with Crippen LogP contribution >= 0.6 is 0 Å². The van der Waals surface area contributed by atoms with Crippen molar-refractivity contribution in [2.75, 3.05) is 56.2 Å². The highest BCUT2D eigenvalue weighted by Crippen LogP contribution is 2.33. The van der Waals surface area contributed by atoms with Crippen LogP contribution in [0.2, 0.25) is 0 Å². The number of benzene rings is 1. The number of carbonyl (C=O) groups excluding carboxylic acids is 1. The fourth-order valence-corrected chi connectivity index (χ4v) is 4.71. The highest BCUT2D eigenvalue weighted by Gasteiger charge is 2.29. The summed E-state index contributed by atoms with van der Waals surface area (Å²) in [6.45, 7) is 9.66. The van der Waals surface area contributed by atoms with E-state index in [4.69, 9.17) is 14.7 Å². The largest absolute Gasteiger partial charge is 0.464 e. The molecule has 0 radical (unpaired) electrons. The third kappa shape index (κ3) is 5.26. The second kappa shape index (κ2) is 10.2. The van der Waals surface area contributed by atoms with Gasteiger partial charge in [0.2, 0.25) is 5.91 Å². The average Bonchev–Trinajstić information content (AvgIpc) is 2.83. The zero-order valence-corrected chi connectivity index (χ0v) is 19.5. The van der Waals surface area contributed by atoms with Gasteiger partial charge >= 0.3 is 6.01 Å². The van der Waals surface area contributed by atoms with E-state index >= 15 is 0 Å². The second-order valence-electron chi connectivity index (χ2n) is 8.67. The molecular formula is C25H32FN5O2. The lowest BCUT2D eigenvalue weighted by molar-refractivity contribution is -0.126. The number of fused-ring (bicyclic) bond motifs is 1. The second-order valence-corrected chi connectivity index (χ2v) is 8.67. The number of ether oxygens (including phenoxy) is 1. The molecule has 0 bridgehead atoms. The number of carbonyl (C=O) groups is 1. The van der Waals surface area contributed by atoms with Crippen LogP contribution in [0.5, 0.6) is 6.01 Å². The third-order valence-corrected chi connectivity index (χ3v) is 6.47. The molecule has 2 aliphatic rings. The monoisotopic (exact) mass is 453 g/mol. The Hall–Kier alpha value is -3.16. The van der Waals surface area contributed by atoms with Crippen LogP contribution in [-0.4, -0.2) is 67.2 Å². The molecule has 1 fully saturated rings. The molecule has 0 spiro atoms. The van der Waals surface area contributed by atoms with Crippen LogP contribution in [0.25, 0.3) is 0 Å². The third-order valence-electron chi connectivity index (χ3n) is 6.47. The molecule has 1 amide bonds. The average molecular weight is 454 g/mol. The van der Waals surface area contributed by atoms with Gasteiger partial charge in [-0.3, -0.25) is 4.79 Å². The maximum atomic E-state index is 13.3. The number of hydrogen-bond acceptors (Lipinski definition) is 6. The lowest BCUT2D eigenvalue weighted by Crippen LogP contribution is -2.49. The first-order valence-electron chi connectivity index (χ1n) is 11.6. The van der Waals surface area contributed by atoms with Gasteiger partial charge in [-0.05, 0) is 62.4 Å². The standard InChI is InChI=1S/C25H32FN5O2/c1-4-23(32)30-12-14-31(15-13-30)24-21-11-6-18(16-22(21)27-25(28-24)33-5-2)17-29(3)20-9-7-19(26)8-10-20/h4,7-10,18H,1,5-6,11-17H2,2-3H3/t18-/m1/s1. The number of hydrogen-bond donors (Lipinski definition) is 0. The van der Waals surface area contributed by atoms with Gasteiger partial charge in [0, 0.05) is 51.0 Å². The predicted molar refractivity (Wildman–Crippen MR) is 127 cm³/mol. The van der Waals surface area contributed by atoms with Crippen molar-refractivity contribution in [1.29, 1.82) is 0 Å². The zero-order valence-electron chi connectivity index (χ0n) is 19.5. The molecule has 176 valence electrons. The first kappa shape index (κ1) is 23.0. The highest BCUT2D eigenvalue weighted by molar-refractivity contribution is 5.87. The Balaban J connectivity index is 1.50. The molecule has 0 N–H and O–H groups in total. The van der Waals surface area contributed by atoms with Crippen molar-refractivity contribution in [2.24, 2.45) is 5.92 Å². The van der Waals surface area contributed by atoms with Gasteiger partial charge in [0.15, 0.2) is 0 Å². The molecule has 2 aromatic rings. The molecule has 1 atom stereocenters. The van der Waals surface area contributed by atoms with Gasteiger partial charge < -0.3 is 19.4 Å². The number of aromatic nitrogens is 2. The summed E-state index contributed by atoms with van der Waals surface area (Å²) >= 11 is 0. The van der Waals surface area contributed by atoms with Crippen molar-refractivity contribution in [3.05, 3.63) is 54.0 Å². The molecule has 0 unspecified atom stereocenters. The molecule has 4 rings (SSSR count). The summed E-state index contributed by atoms with van der Waals surface area (Å²) in [5.74, 6) is 1.13. The van der Waals surface area contributed by atoms with E-state index in [2.05, 4.69) is 16.4 Å². The molecule has 1 aliphatic carbocycles. The van der Waals surface area contributed by atoms with E-state index in [0.717, 1.165) is 56.1 Å². The van der Waals surface area contributed by atoms with Crippen molar-refractivity contribution in [1.82, 2.24) is 14.9 Å². The Kier molecular flexibility index (Phi) is 7.11. The van der Waals surface area contributed by atoms with Crippen LogP contribution in [-0.2, 0) is 17.6 Å². The molecule has 1 aromatic heterocycles. The van der Waals surface area contributed by atoms with E-state index in [0.29, 0.717) is 31.6 Å². The summed E-state index contributed by atoms with van der Waals surface area (Å²) in [5, 5.41) is 0. The molecule has 33 heavy (non-hydrogen) atoms. The number of amides is 1. The predicted octanol–water partition coefficient (Wildman–Crippen LogP) is 3.09. The number of piperazine rings is 1. The first-order valence-corrected chi connectivity index (χ1v) is 11.6. The topological polar surface area (TPSA) is 61.8 Å². The Labute approximate surface area is 194 Å². The summed E-state index contributed by atoms with van der Waals surface area (Å²) in [5.41, 5.74) is 3.26. The molecule has 7 nitrogen and oxygen atoms in total. The van der Waals surface area contributed by atoms with E-state index in [1.165, 1.54) is 23.8 Å². The van der Waals surface area contributed by atoms with E-state index in [1.807, 2.05) is 31.0 Å². The minimum Gasteiger partial charge on any atom is -0.464 e. The molecular weight excluding hydrogens is 421 g/mol. The van der Waals surface area contributed by atoms with Crippen LogP contribution in [0.1, 0.15) is 24.6 Å². The van der Waals surface area contributed by atoms with Crippen LogP contribution in [0.3, 0.4) is 0 Å². The fraction of sp³-hybridized carbons (Fsp3) is 0.480. The van der Waals surface area contributed by atoms with Crippen molar-refractivity contribution in [3.63, 3.8) is 0 Å². The minimum atomic E-state index is -0.221. The molecule has 8 heteroatoms. The number of nitrogens with zero attached hydrogens (tertiary/aromatic N) is 5. The maximum Gasteiger partial charge on any atom is 0.318 e. The van der Waals surface area contributed by atoms with E-state index in [1.54, 1.807) is 0 Å². The van der Waals surface area contributed by atoms with Crippen LogP contribution in [0, 0.1) is 11.7 Å². The summed E-state index contributed by atoms with van der Waals surface area (Å²) in [6, 6.07) is 7.05. The van der Waals surface area contributed by atoms with Gasteiger partial charge in [-0.25, -0.2) is 4.39 Å². The number of halogens is 1. The summed E-state index contributed by atoms with van der Waals surface area (Å²) in [4.78, 5) is 27.7. The highest BCUT2D eigenvalue weighted by atomic mass is 19.1. The van der Waals surface area contributed by atoms with Gasteiger partial charge in [0.05, 0.1) is 12.3 Å². The Bertz CT molecular complexity index is 989. The molecule has 2 heterocycles. The van der Waals surface area contributed by atoms with Crippen molar-refractivity contribution >= 4 is 17.4 Å². The first-order chi connectivity index (χ1) is 16.0. The summed E-state index contributed by atoms with van der Waals surface area (Å²) in [6.07, 6.45) is 4.17. The quantitative estimate of drug-likeness (QED) is 0.601. The molecule has 0 saturated carbocycles. The van der Waals surface area contributed by atoms with Gasteiger partial charge in [0.1, 0.15) is 11.6 Å². The van der Waals surface area contributed by atoms with E-state index < -0.39 is 0 Å². The Morgan fingerprint density at radius 2 is 1.97 bits per heavy atom. The number of rotatable bonds is 7. The summed E-state index contributed by atoms with van der Waals surface area (Å²) in [7, 11) is 2.05. The van der Waals surface area contributed by atoms with Gasteiger partial charge in [0.25, 0.3) is 0 Å². The Morgan fingerprint density at radius 3 is 2.64 bits per heavy atom. The van der Waals surface area contributed by atoms with Crippen molar-refractivity contribution < 1.29 is 13.9 Å². The van der Waals surface area contributed by atoms with Crippen LogP contribution in [0.4, 0.5) is 15.9 Å². The maximum absolute atomic E-state index is 13.3. The lowest BCUT2D eigenvalue weighted by Gasteiger charge is -2.37. The van der Waals surface area contributed by atoms with Crippen LogP contribution < -0.4 is 14.5 Å². The molecule has 1 aliphatic heterocycles. The SMILES string of the molecule is C=CC(=O)N1CCN(c2nc(OCC)nc3c2CC[C@@H](CN(C)c2ccc(F)cc2)C3)CC1. The zero-order chi connectivity index (χ0) is 23.4. The van der Waals surface area contributed by atoms with Crippen molar-refractivity contribution in [3.8, 4) is 6.01 Å². The lowest BCUT2D eigenvalue weighted by atomic mass is 9.86. The number of anilines is 2. The minimum absolute atomic E-state index is 0.0255. The van der Waals surface area contributed by atoms with Gasteiger partial charge in [-0.2, -0.15) is 9.97 Å². The molecule has 1 aromatic carbocycles.